The molecule has 1 aromatic rings. The lowest BCUT2D eigenvalue weighted by Gasteiger charge is -2.05. The van der Waals surface area contributed by atoms with Gasteiger partial charge in [-0.05, 0) is 47.2 Å². The van der Waals surface area contributed by atoms with E-state index in [1.54, 1.807) is 0 Å². The fraction of sp³-hybridized carbons (Fsp3) is 0.222. The topological polar surface area (TPSA) is 26.3 Å². The highest BCUT2D eigenvalue weighted by Gasteiger charge is 2.09. The second kappa shape index (κ2) is 4.76. The molecule has 67 valence electrons. The summed E-state index contributed by atoms with van der Waals surface area (Å²) in [5.41, 5.74) is 1.57. The molecule has 0 atom stereocenters. The van der Waals surface area contributed by atoms with Crippen molar-refractivity contribution in [2.24, 2.45) is 0 Å². The molecule has 2 nitrogen and oxygen atoms in total. The Balaban J connectivity index is 2.99. The summed E-state index contributed by atoms with van der Waals surface area (Å²) in [6.07, 6.45) is 0.226. The van der Waals surface area contributed by atoms with Crippen LogP contribution in [-0.2, 0) is 4.74 Å². The third-order valence-electron chi connectivity index (χ3n) is 1.62. The number of carbonyl (C=O) groups excluding carboxylic acids is 1. The molecule has 4 heteroatoms. The van der Waals surface area contributed by atoms with Gasteiger partial charge in [-0.2, -0.15) is 0 Å². The molecule has 0 spiro atoms. The van der Waals surface area contributed by atoms with Crippen molar-refractivity contribution in [3.8, 4) is 0 Å². The van der Waals surface area contributed by atoms with Crippen molar-refractivity contribution < 1.29 is 9.53 Å². The van der Waals surface area contributed by atoms with Crippen molar-refractivity contribution >= 4 is 38.8 Å². The number of halogens is 1. The van der Waals surface area contributed by atoms with E-state index in [0.717, 1.165) is 9.13 Å². The Bertz CT molecular complexity index is 325. The van der Waals surface area contributed by atoms with E-state index in [2.05, 4.69) is 32.8 Å². The van der Waals surface area contributed by atoms with E-state index >= 15 is 0 Å². The van der Waals surface area contributed by atoms with Gasteiger partial charge in [-0.25, -0.2) is 4.79 Å². The molecule has 0 aliphatic rings. The molecule has 0 amide bonds. The van der Waals surface area contributed by atoms with E-state index in [1.165, 1.54) is 0 Å². The van der Waals surface area contributed by atoms with E-state index in [0.29, 0.717) is 5.56 Å². The van der Waals surface area contributed by atoms with Gasteiger partial charge in [0.2, 0.25) is 0 Å². The average Bonchev–Trinajstić information content (AvgIpc) is 2.09. The average molecular weight is 303 g/mol. The zero-order chi connectivity index (χ0) is 9.84. The van der Waals surface area contributed by atoms with Crippen LogP contribution in [0.2, 0.25) is 0 Å². The first kappa shape index (κ1) is 10.7. The highest BCUT2D eigenvalue weighted by molar-refractivity contribution is 14.1. The Morgan fingerprint density at radius 2 is 2.31 bits per heavy atom. The van der Waals surface area contributed by atoms with Crippen LogP contribution in [0.5, 0.6) is 0 Å². The largest absolute Gasteiger partial charge is 0.467 e. The lowest BCUT2D eigenvalue weighted by molar-refractivity contribution is 0.0572. The van der Waals surface area contributed by atoms with Crippen LogP contribution in [0, 0.1) is 10.5 Å². The second-order valence-electron chi connectivity index (χ2n) is 2.54. The number of aryl methyl sites for hydroxylation is 1. The molecule has 3 radical (unpaired) electrons. The quantitative estimate of drug-likeness (QED) is 0.474. The molecule has 1 rings (SSSR count). The Kier molecular flexibility index (Phi) is 3.92. The van der Waals surface area contributed by atoms with Crippen LogP contribution >= 0.6 is 22.6 Å². The van der Waals surface area contributed by atoms with Crippen LogP contribution < -0.4 is 0 Å². The minimum atomic E-state index is -0.286. The lowest BCUT2D eigenvalue weighted by atomic mass is 10.1. The third-order valence-corrected chi connectivity index (χ3v) is 2.44. The molecule has 13 heavy (non-hydrogen) atoms. The minimum Gasteiger partial charge on any atom is -0.467 e. The molecule has 0 bridgehead atoms. The van der Waals surface area contributed by atoms with Crippen LogP contribution in [-0.4, -0.2) is 22.4 Å². The van der Waals surface area contributed by atoms with Crippen LogP contribution in [0.25, 0.3) is 0 Å². The highest BCUT2D eigenvalue weighted by atomic mass is 127. The van der Waals surface area contributed by atoms with Crippen LogP contribution in [0.3, 0.4) is 0 Å². The van der Waals surface area contributed by atoms with Crippen LogP contribution in [0.1, 0.15) is 15.9 Å². The van der Waals surface area contributed by atoms with Gasteiger partial charge in [0.15, 0.2) is 0 Å². The summed E-state index contributed by atoms with van der Waals surface area (Å²) in [4.78, 5) is 11.4. The molecular weight excluding hydrogens is 295 g/mol. The fourth-order valence-electron chi connectivity index (χ4n) is 0.957. The van der Waals surface area contributed by atoms with Gasteiger partial charge in [-0.1, -0.05) is 6.07 Å². The molecule has 1 aromatic carbocycles. The molecule has 0 aliphatic carbocycles. The zero-order valence-electron chi connectivity index (χ0n) is 7.13. The van der Waals surface area contributed by atoms with E-state index < -0.39 is 0 Å². The Morgan fingerprint density at radius 1 is 1.62 bits per heavy atom. The van der Waals surface area contributed by atoms with Gasteiger partial charge < -0.3 is 4.74 Å². The van der Waals surface area contributed by atoms with Gasteiger partial charge in [0.05, 0.1) is 22.0 Å². The van der Waals surface area contributed by atoms with E-state index in [1.807, 2.05) is 25.1 Å². The van der Waals surface area contributed by atoms with Gasteiger partial charge in [0.1, 0.15) is 0 Å². The molecular formula is C9H8IO2Si. The molecule has 0 unspecified atom stereocenters. The monoisotopic (exact) mass is 303 g/mol. The number of benzene rings is 1. The fourth-order valence-corrected chi connectivity index (χ4v) is 1.58. The van der Waals surface area contributed by atoms with Crippen molar-refractivity contribution in [2.45, 2.75) is 6.92 Å². The van der Waals surface area contributed by atoms with Crippen LogP contribution in [0.4, 0.5) is 0 Å². The summed E-state index contributed by atoms with van der Waals surface area (Å²) < 4.78 is 5.87. The maximum Gasteiger partial charge on any atom is 0.338 e. The SMILES string of the molecule is Cc1ccc(I)cc1C(=O)OC[Si]. The molecule has 0 N–H and O–H groups in total. The van der Waals surface area contributed by atoms with Crippen molar-refractivity contribution in [3.05, 3.63) is 32.9 Å². The Hall–Kier alpha value is -0.363. The number of hydrogen-bond acceptors (Lipinski definition) is 2. The summed E-state index contributed by atoms with van der Waals surface area (Å²) in [5.74, 6) is -0.286. The predicted molar refractivity (Wildman–Crippen MR) is 59.9 cm³/mol. The predicted octanol–water partition coefficient (Wildman–Crippen LogP) is 1.88. The number of ether oxygens (including phenoxy) is 1. The standard InChI is InChI=1S/C9H8IO2Si/c1-6-2-3-7(10)4-8(6)9(11)12-5-13/h2-4H,5H2,1H3. The Morgan fingerprint density at radius 3 is 2.92 bits per heavy atom. The van der Waals surface area contributed by atoms with Gasteiger partial charge in [-0.3, -0.25) is 0 Å². The molecule has 0 heterocycles. The molecule has 0 saturated carbocycles. The number of rotatable bonds is 2. The number of hydrogen-bond donors (Lipinski definition) is 0. The first-order chi connectivity index (χ1) is 6.15. The number of esters is 1. The first-order valence-corrected chi connectivity index (χ1v) is 5.51. The van der Waals surface area contributed by atoms with E-state index in [-0.39, 0.29) is 12.2 Å². The smallest absolute Gasteiger partial charge is 0.338 e. The molecule has 0 fully saturated rings. The normalized spacial score (nSPS) is 9.77. The molecule has 0 saturated heterocycles. The zero-order valence-corrected chi connectivity index (χ0v) is 10.3. The summed E-state index contributed by atoms with van der Waals surface area (Å²) in [6, 6.07) is 5.69. The minimum absolute atomic E-state index is 0.226. The first-order valence-electron chi connectivity index (χ1n) is 3.73. The van der Waals surface area contributed by atoms with Crippen molar-refractivity contribution in [3.63, 3.8) is 0 Å². The second-order valence-corrected chi connectivity index (χ2v) is 4.07. The lowest BCUT2D eigenvalue weighted by Crippen LogP contribution is -2.08. The van der Waals surface area contributed by atoms with Gasteiger partial charge in [0.25, 0.3) is 0 Å². The van der Waals surface area contributed by atoms with Crippen molar-refractivity contribution in [2.75, 3.05) is 6.23 Å². The summed E-state index contributed by atoms with van der Waals surface area (Å²) in [6.45, 7) is 1.89. The summed E-state index contributed by atoms with van der Waals surface area (Å²) in [7, 11) is 3.09. The Labute approximate surface area is 94.2 Å². The van der Waals surface area contributed by atoms with E-state index in [4.69, 9.17) is 4.74 Å². The summed E-state index contributed by atoms with van der Waals surface area (Å²) >= 11 is 2.16. The number of carbonyl (C=O) groups is 1. The highest BCUT2D eigenvalue weighted by Crippen LogP contribution is 2.13. The summed E-state index contributed by atoms with van der Waals surface area (Å²) in [5, 5.41) is 0. The van der Waals surface area contributed by atoms with E-state index in [9.17, 15) is 4.79 Å². The third kappa shape index (κ3) is 2.80. The van der Waals surface area contributed by atoms with Gasteiger partial charge >= 0.3 is 5.97 Å². The van der Waals surface area contributed by atoms with Crippen molar-refractivity contribution in [1.29, 1.82) is 0 Å². The van der Waals surface area contributed by atoms with Gasteiger partial charge in [0, 0.05) is 3.57 Å². The van der Waals surface area contributed by atoms with Crippen LogP contribution in [0.15, 0.2) is 18.2 Å². The molecule has 0 aromatic heterocycles. The maximum atomic E-state index is 11.4. The van der Waals surface area contributed by atoms with Gasteiger partial charge in [-0.15, -0.1) is 0 Å². The molecule has 0 aliphatic heterocycles. The maximum absolute atomic E-state index is 11.4. The van der Waals surface area contributed by atoms with Crippen molar-refractivity contribution in [1.82, 2.24) is 0 Å².